The normalized spacial score (nSPS) is 17.3. The van der Waals surface area contributed by atoms with Crippen LogP contribution in [0.4, 0.5) is 0 Å². The van der Waals surface area contributed by atoms with Crippen LogP contribution in [0.3, 0.4) is 0 Å². The van der Waals surface area contributed by atoms with Gasteiger partial charge in [0.2, 0.25) is 0 Å². The van der Waals surface area contributed by atoms with Crippen molar-refractivity contribution in [1.29, 1.82) is 0 Å². The van der Waals surface area contributed by atoms with Crippen LogP contribution in [0.2, 0.25) is 0 Å². The highest BCUT2D eigenvalue weighted by Gasteiger charge is 2.27. The van der Waals surface area contributed by atoms with Crippen LogP contribution >= 0.6 is 0 Å². The highest BCUT2D eigenvalue weighted by molar-refractivity contribution is 7.89. The van der Waals surface area contributed by atoms with Crippen molar-refractivity contribution in [2.75, 3.05) is 7.11 Å². The molecule has 6 heteroatoms. The number of nitrogens with zero attached hydrogens (tertiary/aromatic N) is 1. The Morgan fingerprint density at radius 3 is 2.80 bits per heavy atom. The van der Waals surface area contributed by atoms with Crippen LogP contribution in [0.1, 0.15) is 12.5 Å². The number of hydrogen-bond acceptors (Lipinski definition) is 4. The Labute approximate surface area is 87.8 Å². The molecule has 80 valence electrons. The molecular weight excluding hydrogens is 216 g/mol. The van der Waals surface area contributed by atoms with Crippen molar-refractivity contribution in [3.8, 4) is 5.75 Å². The predicted molar refractivity (Wildman–Crippen MR) is 55.5 cm³/mol. The first-order valence-corrected chi connectivity index (χ1v) is 5.78. The van der Waals surface area contributed by atoms with Crippen molar-refractivity contribution in [2.45, 2.75) is 11.8 Å². The molecule has 0 atom stereocenters. The lowest BCUT2D eigenvalue weighted by molar-refractivity contribution is 0.402. The summed E-state index contributed by atoms with van der Waals surface area (Å²) in [6.45, 7) is 1.74. The monoisotopic (exact) mass is 226 g/mol. The largest absolute Gasteiger partial charge is 0.495 e. The fraction of sp³-hybridized carbons (Fsp3) is 0.222. The molecule has 1 aliphatic rings. The van der Waals surface area contributed by atoms with E-state index < -0.39 is 10.0 Å². The average molecular weight is 226 g/mol. The van der Waals surface area contributed by atoms with E-state index in [9.17, 15) is 8.42 Å². The van der Waals surface area contributed by atoms with Gasteiger partial charge in [-0.1, -0.05) is 12.1 Å². The van der Waals surface area contributed by atoms with Crippen LogP contribution < -0.4 is 9.57 Å². The molecule has 1 aromatic rings. The van der Waals surface area contributed by atoms with Gasteiger partial charge in [-0.2, -0.15) is 18.4 Å². The summed E-state index contributed by atoms with van der Waals surface area (Å²) in [5.41, 5.74) is 1.20. The molecule has 0 amide bonds. The molecular formula is C9H10N2O3S. The number of methoxy groups -OCH3 is 1. The fourth-order valence-electron chi connectivity index (χ4n) is 1.47. The molecule has 0 saturated heterocycles. The van der Waals surface area contributed by atoms with E-state index >= 15 is 0 Å². The van der Waals surface area contributed by atoms with Crippen molar-refractivity contribution >= 4 is 15.7 Å². The zero-order chi connectivity index (χ0) is 11.1. The molecule has 0 aliphatic carbocycles. The third-order valence-corrected chi connectivity index (χ3v) is 3.48. The Kier molecular flexibility index (Phi) is 2.15. The van der Waals surface area contributed by atoms with Gasteiger partial charge in [0.1, 0.15) is 10.6 Å². The van der Waals surface area contributed by atoms with Crippen LogP contribution in [-0.2, 0) is 10.0 Å². The SMILES string of the molecule is COc1cccc2c1S(=O)(=O)NN=C2C. The molecule has 1 aromatic carbocycles. The van der Waals surface area contributed by atoms with Crippen molar-refractivity contribution in [2.24, 2.45) is 5.10 Å². The number of hydrogen-bond donors (Lipinski definition) is 1. The average Bonchev–Trinajstić information content (AvgIpc) is 2.23. The first kappa shape index (κ1) is 9.97. The van der Waals surface area contributed by atoms with E-state index in [-0.39, 0.29) is 4.90 Å². The van der Waals surface area contributed by atoms with Crippen LogP contribution in [-0.4, -0.2) is 21.2 Å². The van der Waals surface area contributed by atoms with Gasteiger partial charge >= 0.3 is 0 Å². The van der Waals surface area contributed by atoms with Gasteiger partial charge in [-0.25, -0.2) is 0 Å². The topological polar surface area (TPSA) is 67.8 Å². The smallest absolute Gasteiger partial charge is 0.280 e. The number of nitrogens with one attached hydrogen (secondary N) is 1. The molecule has 1 aliphatic heterocycles. The van der Waals surface area contributed by atoms with E-state index in [1.165, 1.54) is 7.11 Å². The Balaban J connectivity index is 2.82. The van der Waals surface area contributed by atoms with Crippen molar-refractivity contribution in [3.63, 3.8) is 0 Å². The molecule has 0 unspecified atom stereocenters. The zero-order valence-electron chi connectivity index (χ0n) is 8.31. The van der Waals surface area contributed by atoms with Crippen molar-refractivity contribution in [3.05, 3.63) is 23.8 Å². The molecule has 2 rings (SSSR count). The number of fused-ring (bicyclic) bond motifs is 1. The second-order valence-electron chi connectivity index (χ2n) is 3.13. The minimum Gasteiger partial charge on any atom is -0.495 e. The van der Waals surface area contributed by atoms with E-state index in [1.807, 2.05) is 0 Å². The molecule has 0 bridgehead atoms. The lowest BCUT2D eigenvalue weighted by atomic mass is 10.1. The lowest BCUT2D eigenvalue weighted by Gasteiger charge is -2.17. The molecule has 15 heavy (non-hydrogen) atoms. The highest BCUT2D eigenvalue weighted by Crippen LogP contribution is 2.29. The van der Waals surface area contributed by atoms with E-state index in [1.54, 1.807) is 25.1 Å². The summed E-state index contributed by atoms with van der Waals surface area (Å²) < 4.78 is 28.4. The van der Waals surface area contributed by atoms with Gasteiger partial charge in [-0.05, 0) is 13.0 Å². The fourth-order valence-corrected chi connectivity index (χ4v) is 2.74. The number of benzene rings is 1. The first-order valence-electron chi connectivity index (χ1n) is 4.30. The summed E-state index contributed by atoms with van der Waals surface area (Å²) in [6, 6.07) is 5.04. The minimum absolute atomic E-state index is 0.153. The van der Waals surface area contributed by atoms with Gasteiger partial charge < -0.3 is 4.74 Å². The Hall–Kier alpha value is -1.56. The molecule has 0 saturated carbocycles. The third-order valence-electron chi connectivity index (χ3n) is 2.19. The summed E-state index contributed by atoms with van der Waals surface area (Å²) >= 11 is 0. The number of hydrazone groups is 1. The van der Waals surface area contributed by atoms with Crippen LogP contribution in [0.5, 0.6) is 5.75 Å². The first-order chi connectivity index (χ1) is 7.06. The summed E-state index contributed by atoms with van der Waals surface area (Å²) in [5.74, 6) is 0.328. The maximum Gasteiger partial charge on any atom is 0.280 e. The Bertz CT molecular complexity index is 534. The summed E-state index contributed by atoms with van der Waals surface area (Å²) in [6.07, 6.45) is 0. The quantitative estimate of drug-likeness (QED) is 0.766. The molecule has 0 spiro atoms. The summed E-state index contributed by atoms with van der Waals surface area (Å²) in [5, 5.41) is 3.72. The van der Waals surface area contributed by atoms with Crippen LogP contribution in [0, 0.1) is 0 Å². The third kappa shape index (κ3) is 1.46. The molecule has 0 fully saturated rings. The summed E-state index contributed by atoms with van der Waals surface area (Å²) in [4.78, 5) is 2.27. The molecule has 1 N–H and O–H groups in total. The van der Waals surface area contributed by atoms with E-state index in [0.717, 1.165) is 0 Å². The van der Waals surface area contributed by atoms with Crippen LogP contribution in [0.25, 0.3) is 0 Å². The second-order valence-corrected chi connectivity index (χ2v) is 4.73. The number of rotatable bonds is 1. The van der Waals surface area contributed by atoms with Gasteiger partial charge in [-0.3, -0.25) is 0 Å². The maximum absolute atomic E-state index is 11.7. The van der Waals surface area contributed by atoms with Gasteiger partial charge in [0.05, 0.1) is 12.8 Å². The van der Waals surface area contributed by atoms with Gasteiger partial charge in [0.25, 0.3) is 10.0 Å². The molecule has 0 aromatic heterocycles. The zero-order valence-corrected chi connectivity index (χ0v) is 9.13. The van der Waals surface area contributed by atoms with Gasteiger partial charge in [0, 0.05) is 5.56 Å². The number of ether oxygens (including phenoxy) is 1. The standard InChI is InChI=1S/C9H10N2O3S/c1-6-7-4-3-5-8(14-2)9(7)15(12,13)11-10-6/h3-5,11H,1-2H3. The predicted octanol–water partition coefficient (Wildman–Crippen LogP) is 0.711. The van der Waals surface area contributed by atoms with Gasteiger partial charge in [0.15, 0.2) is 0 Å². The molecule has 5 nitrogen and oxygen atoms in total. The van der Waals surface area contributed by atoms with E-state index in [2.05, 4.69) is 9.93 Å². The Morgan fingerprint density at radius 2 is 2.13 bits per heavy atom. The maximum atomic E-state index is 11.7. The molecule has 1 heterocycles. The lowest BCUT2D eigenvalue weighted by Crippen LogP contribution is -2.27. The van der Waals surface area contributed by atoms with E-state index in [4.69, 9.17) is 4.74 Å². The van der Waals surface area contributed by atoms with Crippen molar-refractivity contribution < 1.29 is 13.2 Å². The van der Waals surface area contributed by atoms with Gasteiger partial charge in [-0.15, -0.1) is 0 Å². The van der Waals surface area contributed by atoms with Crippen LogP contribution in [0.15, 0.2) is 28.2 Å². The highest BCUT2D eigenvalue weighted by atomic mass is 32.2. The van der Waals surface area contributed by atoms with E-state index in [0.29, 0.717) is 17.0 Å². The summed E-state index contributed by atoms with van der Waals surface area (Å²) in [7, 11) is -2.14. The minimum atomic E-state index is -3.58. The second kappa shape index (κ2) is 3.23. The van der Waals surface area contributed by atoms with Crippen molar-refractivity contribution in [1.82, 2.24) is 4.83 Å². The number of sulfonamides is 1. The Morgan fingerprint density at radius 1 is 1.40 bits per heavy atom. The molecule has 0 radical (unpaired) electrons.